The summed E-state index contributed by atoms with van der Waals surface area (Å²) in [5.74, 6) is 0.333. The first-order valence-electron chi connectivity index (χ1n) is 5.18. The Kier molecular flexibility index (Phi) is 3.10. The molecule has 3 heteroatoms. The normalized spacial score (nSPS) is 20.6. The molecular formula is C11H19NO2. The fourth-order valence-corrected chi connectivity index (χ4v) is 1.63. The van der Waals surface area contributed by atoms with E-state index in [1.165, 1.54) is 0 Å². The fraction of sp³-hybridized carbons (Fsp3) is 0.818. The van der Waals surface area contributed by atoms with Crippen molar-refractivity contribution >= 4 is 11.6 Å². The highest BCUT2D eigenvalue weighted by Crippen LogP contribution is 2.49. The topological polar surface area (TPSA) is 60.2 Å². The van der Waals surface area contributed by atoms with Gasteiger partial charge in [0, 0.05) is 11.8 Å². The van der Waals surface area contributed by atoms with Crippen LogP contribution in [0.25, 0.3) is 0 Å². The molecule has 0 aromatic carbocycles. The Morgan fingerprint density at radius 1 is 1.36 bits per heavy atom. The van der Waals surface area contributed by atoms with Crippen LogP contribution in [0.1, 0.15) is 40.0 Å². The average Bonchev–Trinajstić information content (AvgIpc) is 2.84. The van der Waals surface area contributed by atoms with Gasteiger partial charge in [0.05, 0.1) is 6.04 Å². The van der Waals surface area contributed by atoms with Gasteiger partial charge in [0.25, 0.3) is 0 Å². The van der Waals surface area contributed by atoms with E-state index in [1.807, 2.05) is 13.8 Å². The van der Waals surface area contributed by atoms with Gasteiger partial charge in [-0.05, 0) is 25.7 Å². The Morgan fingerprint density at radius 3 is 2.14 bits per heavy atom. The Morgan fingerprint density at radius 2 is 1.86 bits per heavy atom. The molecule has 0 aromatic rings. The first kappa shape index (κ1) is 11.4. The summed E-state index contributed by atoms with van der Waals surface area (Å²) in [6, 6.07) is -0.410. The largest absolute Gasteiger partial charge is 0.321 e. The third kappa shape index (κ3) is 2.21. The second-order valence-electron chi connectivity index (χ2n) is 4.75. The Labute approximate surface area is 85.0 Å². The Hall–Kier alpha value is -0.700. The molecule has 0 unspecified atom stereocenters. The van der Waals surface area contributed by atoms with Gasteiger partial charge >= 0.3 is 0 Å². The predicted octanol–water partition coefficient (Wildman–Crippen LogP) is 1.30. The summed E-state index contributed by atoms with van der Waals surface area (Å²) >= 11 is 0. The van der Waals surface area contributed by atoms with Crippen molar-refractivity contribution in [2.45, 2.75) is 46.1 Å². The van der Waals surface area contributed by atoms with Crippen molar-refractivity contribution in [2.24, 2.45) is 17.1 Å². The summed E-state index contributed by atoms with van der Waals surface area (Å²) in [4.78, 5) is 22.9. The monoisotopic (exact) mass is 197 g/mol. The third-order valence-corrected chi connectivity index (χ3v) is 3.20. The minimum absolute atomic E-state index is 0.0349. The van der Waals surface area contributed by atoms with Crippen LogP contribution in [0.5, 0.6) is 0 Å². The van der Waals surface area contributed by atoms with Gasteiger partial charge in [0.1, 0.15) is 5.78 Å². The molecule has 0 saturated heterocycles. The lowest BCUT2D eigenvalue weighted by molar-refractivity contribution is -0.129. The Balaban J connectivity index is 2.53. The van der Waals surface area contributed by atoms with E-state index >= 15 is 0 Å². The van der Waals surface area contributed by atoms with Crippen LogP contribution < -0.4 is 5.73 Å². The SMILES string of the molecule is CC(=O)C1(CC(=O)[C@@H](N)C(C)C)CC1. The molecule has 3 nitrogen and oxygen atoms in total. The van der Waals surface area contributed by atoms with Crippen LogP contribution in [-0.2, 0) is 9.59 Å². The van der Waals surface area contributed by atoms with Gasteiger partial charge in [-0.3, -0.25) is 9.59 Å². The van der Waals surface area contributed by atoms with Gasteiger partial charge < -0.3 is 5.73 Å². The van der Waals surface area contributed by atoms with E-state index in [1.54, 1.807) is 6.92 Å². The summed E-state index contributed by atoms with van der Waals surface area (Å²) in [5, 5.41) is 0. The van der Waals surface area contributed by atoms with E-state index in [0.717, 1.165) is 12.8 Å². The second kappa shape index (κ2) is 3.81. The number of hydrogen-bond acceptors (Lipinski definition) is 3. The van der Waals surface area contributed by atoms with Gasteiger partial charge in [0.2, 0.25) is 0 Å². The molecule has 80 valence electrons. The highest BCUT2D eigenvalue weighted by Gasteiger charge is 2.49. The number of hydrogen-bond donors (Lipinski definition) is 1. The smallest absolute Gasteiger partial charge is 0.150 e. The molecule has 0 spiro atoms. The number of Topliss-reactive ketones (excluding diaryl/α,β-unsaturated/α-hetero) is 2. The minimum Gasteiger partial charge on any atom is -0.321 e. The standard InChI is InChI=1S/C11H19NO2/c1-7(2)10(12)9(14)6-11(4-5-11)8(3)13/h7,10H,4-6,12H2,1-3H3/t10-/m0/s1. The number of nitrogens with two attached hydrogens (primary N) is 1. The minimum atomic E-state index is -0.410. The van der Waals surface area contributed by atoms with Crippen molar-refractivity contribution in [3.8, 4) is 0 Å². The lowest BCUT2D eigenvalue weighted by Crippen LogP contribution is -2.37. The van der Waals surface area contributed by atoms with Crippen LogP contribution in [0.15, 0.2) is 0 Å². The summed E-state index contributed by atoms with van der Waals surface area (Å²) < 4.78 is 0. The summed E-state index contributed by atoms with van der Waals surface area (Å²) in [6.45, 7) is 5.42. The quantitative estimate of drug-likeness (QED) is 0.722. The van der Waals surface area contributed by atoms with E-state index in [0.29, 0.717) is 6.42 Å². The van der Waals surface area contributed by atoms with E-state index < -0.39 is 6.04 Å². The van der Waals surface area contributed by atoms with Crippen molar-refractivity contribution in [2.75, 3.05) is 0 Å². The maximum absolute atomic E-state index is 11.7. The van der Waals surface area contributed by atoms with Crippen LogP contribution in [0.2, 0.25) is 0 Å². The van der Waals surface area contributed by atoms with Gasteiger partial charge in [0.15, 0.2) is 5.78 Å². The lowest BCUT2D eigenvalue weighted by Gasteiger charge is -2.17. The molecule has 1 aliphatic rings. The maximum atomic E-state index is 11.7. The molecule has 1 fully saturated rings. The first-order valence-corrected chi connectivity index (χ1v) is 5.18. The first-order chi connectivity index (χ1) is 6.39. The zero-order valence-corrected chi connectivity index (χ0v) is 9.17. The van der Waals surface area contributed by atoms with Crippen molar-refractivity contribution < 1.29 is 9.59 Å². The van der Waals surface area contributed by atoms with E-state index in [9.17, 15) is 9.59 Å². The average molecular weight is 197 g/mol. The van der Waals surface area contributed by atoms with Crippen LogP contribution in [-0.4, -0.2) is 17.6 Å². The molecule has 1 aliphatic carbocycles. The van der Waals surface area contributed by atoms with Crippen molar-refractivity contribution in [3.63, 3.8) is 0 Å². The van der Waals surface area contributed by atoms with Crippen LogP contribution in [0.3, 0.4) is 0 Å². The molecule has 0 radical (unpaired) electrons. The molecule has 0 amide bonds. The fourth-order valence-electron chi connectivity index (χ4n) is 1.63. The van der Waals surface area contributed by atoms with Crippen molar-refractivity contribution in [3.05, 3.63) is 0 Å². The highest BCUT2D eigenvalue weighted by atomic mass is 16.1. The van der Waals surface area contributed by atoms with E-state index in [2.05, 4.69) is 0 Å². The second-order valence-corrected chi connectivity index (χ2v) is 4.75. The number of ketones is 2. The molecule has 0 heterocycles. The summed E-state index contributed by atoms with van der Waals surface area (Å²) in [5.41, 5.74) is 5.40. The summed E-state index contributed by atoms with van der Waals surface area (Å²) in [7, 11) is 0. The van der Waals surface area contributed by atoms with Gasteiger partial charge in [-0.2, -0.15) is 0 Å². The zero-order valence-electron chi connectivity index (χ0n) is 9.17. The van der Waals surface area contributed by atoms with Crippen LogP contribution >= 0.6 is 0 Å². The molecule has 0 aliphatic heterocycles. The molecular weight excluding hydrogens is 178 g/mol. The third-order valence-electron chi connectivity index (χ3n) is 3.20. The molecule has 2 N–H and O–H groups in total. The molecule has 0 aromatic heterocycles. The molecule has 14 heavy (non-hydrogen) atoms. The van der Waals surface area contributed by atoms with Crippen molar-refractivity contribution in [1.29, 1.82) is 0 Å². The number of rotatable bonds is 5. The van der Waals surface area contributed by atoms with Crippen LogP contribution in [0.4, 0.5) is 0 Å². The molecule has 1 atom stereocenters. The van der Waals surface area contributed by atoms with E-state index in [-0.39, 0.29) is 22.9 Å². The molecule has 0 bridgehead atoms. The van der Waals surface area contributed by atoms with Crippen LogP contribution in [0, 0.1) is 11.3 Å². The van der Waals surface area contributed by atoms with Crippen molar-refractivity contribution in [1.82, 2.24) is 0 Å². The highest BCUT2D eigenvalue weighted by molar-refractivity contribution is 5.93. The van der Waals surface area contributed by atoms with Gasteiger partial charge in [-0.1, -0.05) is 13.8 Å². The number of carbonyl (C=O) groups is 2. The molecule has 1 rings (SSSR count). The van der Waals surface area contributed by atoms with Gasteiger partial charge in [-0.15, -0.1) is 0 Å². The predicted molar refractivity (Wildman–Crippen MR) is 54.8 cm³/mol. The van der Waals surface area contributed by atoms with Gasteiger partial charge in [-0.25, -0.2) is 0 Å². The Bertz CT molecular complexity index is 254. The summed E-state index contributed by atoms with van der Waals surface area (Å²) in [6.07, 6.45) is 2.07. The maximum Gasteiger partial charge on any atom is 0.150 e. The zero-order chi connectivity index (χ0) is 10.9. The van der Waals surface area contributed by atoms with E-state index in [4.69, 9.17) is 5.73 Å². The lowest BCUT2D eigenvalue weighted by atomic mass is 9.89. The number of carbonyl (C=O) groups excluding carboxylic acids is 2. The molecule has 1 saturated carbocycles.